The Kier molecular flexibility index (Phi) is 4.74. The number of alkyl halides is 1. The number of aromatic nitrogens is 1. The molecule has 0 fully saturated rings. The Morgan fingerprint density at radius 3 is 2.61 bits per heavy atom. The Hall–Kier alpha value is -2.17. The second kappa shape index (κ2) is 6.94. The molecule has 2 N–H and O–H groups in total. The molecule has 0 saturated carbocycles. The summed E-state index contributed by atoms with van der Waals surface area (Å²) < 4.78 is 0. The van der Waals surface area contributed by atoms with Crippen LogP contribution in [0.1, 0.15) is 4.88 Å². The molecule has 3 rings (SSSR count). The zero-order chi connectivity index (χ0) is 16.2. The van der Waals surface area contributed by atoms with Crippen molar-refractivity contribution in [2.75, 3.05) is 5.88 Å². The topological polar surface area (TPSA) is 51.3 Å². The van der Waals surface area contributed by atoms with Crippen LogP contribution >= 0.6 is 22.9 Å². The summed E-state index contributed by atoms with van der Waals surface area (Å²) in [6, 6.07) is 18.1. The average molecular weight is 342 g/mol. The van der Waals surface area contributed by atoms with Gasteiger partial charge in [0.15, 0.2) is 0 Å². The van der Waals surface area contributed by atoms with Gasteiger partial charge in [-0.15, -0.1) is 22.9 Å². The van der Waals surface area contributed by atoms with Crippen LogP contribution in [0.4, 0.5) is 5.69 Å². The van der Waals surface area contributed by atoms with E-state index >= 15 is 0 Å². The van der Waals surface area contributed by atoms with Crippen molar-refractivity contribution in [3.05, 3.63) is 59.5 Å². The molecule has 0 saturated heterocycles. The zero-order valence-electron chi connectivity index (χ0n) is 12.7. The minimum Gasteiger partial charge on any atom is -0.386 e. The highest BCUT2D eigenvalue weighted by Gasteiger charge is 2.11. The molecule has 0 spiro atoms. The molecule has 0 bridgehead atoms. The third-order valence-electron chi connectivity index (χ3n) is 3.35. The van der Waals surface area contributed by atoms with E-state index in [1.54, 1.807) is 11.3 Å². The van der Waals surface area contributed by atoms with Gasteiger partial charge in [-0.1, -0.05) is 42.5 Å². The van der Waals surface area contributed by atoms with Crippen molar-refractivity contribution in [3.63, 3.8) is 0 Å². The van der Waals surface area contributed by atoms with Gasteiger partial charge in [0.1, 0.15) is 10.8 Å². The van der Waals surface area contributed by atoms with E-state index in [1.165, 1.54) is 4.88 Å². The summed E-state index contributed by atoms with van der Waals surface area (Å²) in [5.74, 6) is 0.628. The van der Waals surface area contributed by atoms with E-state index in [0.29, 0.717) is 5.84 Å². The van der Waals surface area contributed by atoms with Crippen LogP contribution < -0.4 is 5.73 Å². The van der Waals surface area contributed by atoms with Crippen LogP contribution in [0, 0.1) is 6.92 Å². The van der Waals surface area contributed by atoms with Crippen molar-refractivity contribution in [1.82, 2.24) is 4.98 Å². The van der Waals surface area contributed by atoms with Gasteiger partial charge in [-0.3, -0.25) is 0 Å². The summed E-state index contributed by atoms with van der Waals surface area (Å²) in [5.41, 5.74) is 9.68. The van der Waals surface area contributed by atoms with Gasteiger partial charge in [-0.25, -0.2) is 9.98 Å². The van der Waals surface area contributed by atoms with Gasteiger partial charge in [0.25, 0.3) is 0 Å². The fourth-order valence-corrected chi connectivity index (χ4v) is 3.28. The molecule has 3 aromatic rings. The first-order valence-corrected chi connectivity index (χ1v) is 8.55. The molecule has 1 heterocycles. The van der Waals surface area contributed by atoms with Gasteiger partial charge in [-0.2, -0.15) is 0 Å². The van der Waals surface area contributed by atoms with Crippen LogP contribution in [0.15, 0.2) is 59.6 Å². The molecule has 0 unspecified atom stereocenters. The number of nitrogens with two attached hydrogens (primary N) is 1. The van der Waals surface area contributed by atoms with E-state index in [4.69, 9.17) is 22.3 Å². The second-order valence-electron chi connectivity index (χ2n) is 5.08. The number of hydrogen-bond acceptors (Lipinski definition) is 3. The van der Waals surface area contributed by atoms with E-state index in [2.05, 4.69) is 24.0 Å². The maximum absolute atomic E-state index is 5.70. The fraction of sp³-hybridized carbons (Fsp3) is 0.111. The highest BCUT2D eigenvalue weighted by Crippen LogP contribution is 2.34. The molecule has 0 atom stereocenters. The molecule has 5 heteroatoms. The van der Waals surface area contributed by atoms with Crippen molar-refractivity contribution >= 4 is 34.5 Å². The average Bonchev–Trinajstić information content (AvgIpc) is 2.98. The molecule has 2 aromatic carbocycles. The van der Waals surface area contributed by atoms with Crippen LogP contribution in [-0.2, 0) is 0 Å². The number of aliphatic imine (C=N–C) groups is 1. The minimum absolute atomic E-state index is 0.221. The van der Waals surface area contributed by atoms with Crippen LogP contribution in [0.3, 0.4) is 0 Å². The lowest BCUT2D eigenvalue weighted by Gasteiger charge is -2.00. The first-order chi connectivity index (χ1) is 11.2. The number of halogens is 1. The Morgan fingerprint density at radius 2 is 1.87 bits per heavy atom. The highest BCUT2D eigenvalue weighted by atomic mass is 35.5. The van der Waals surface area contributed by atoms with Crippen molar-refractivity contribution in [2.24, 2.45) is 10.7 Å². The molecule has 0 aliphatic carbocycles. The Labute approximate surface area is 144 Å². The third kappa shape index (κ3) is 3.60. The molecule has 0 aliphatic heterocycles. The Bertz CT molecular complexity index is 840. The molecule has 0 aliphatic rings. The number of nitrogens with zero attached hydrogens (tertiary/aromatic N) is 2. The van der Waals surface area contributed by atoms with Gasteiger partial charge < -0.3 is 5.73 Å². The molecule has 23 heavy (non-hydrogen) atoms. The quantitative estimate of drug-likeness (QED) is 0.412. The van der Waals surface area contributed by atoms with Crippen molar-refractivity contribution in [2.45, 2.75) is 6.92 Å². The third-order valence-corrected chi connectivity index (χ3v) is 4.64. The molecule has 116 valence electrons. The number of hydrogen-bond donors (Lipinski definition) is 1. The molecule has 0 radical (unpaired) electrons. The van der Waals surface area contributed by atoms with Gasteiger partial charge in [-0.05, 0) is 19.1 Å². The Balaban J connectivity index is 1.99. The molecule has 0 amide bonds. The largest absolute Gasteiger partial charge is 0.386 e. The number of benzene rings is 2. The fourth-order valence-electron chi connectivity index (χ4n) is 2.29. The summed E-state index contributed by atoms with van der Waals surface area (Å²) in [4.78, 5) is 10.3. The summed E-state index contributed by atoms with van der Waals surface area (Å²) in [6.07, 6.45) is 0. The lowest BCUT2D eigenvalue weighted by molar-refractivity contribution is 1.37. The smallest absolute Gasteiger partial charge is 0.124 e. The molecular weight excluding hydrogens is 326 g/mol. The van der Waals surface area contributed by atoms with Crippen LogP contribution in [0.5, 0.6) is 0 Å². The lowest BCUT2D eigenvalue weighted by Crippen LogP contribution is -2.12. The maximum atomic E-state index is 5.70. The van der Waals surface area contributed by atoms with Crippen molar-refractivity contribution < 1.29 is 0 Å². The normalized spacial score (nSPS) is 11.7. The zero-order valence-corrected chi connectivity index (χ0v) is 14.2. The first-order valence-electron chi connectivity index (χ1n) is 7.19. The van der Waals surface area contributed by atoms with E-state index in [1.807, 2.05) is 42.5 Å². The first kappa shape index (κ1) is 15.7. The summed E-state index contributed by atoms with van der Waals surface area (Å²) >= 11 is 7.36. The standard InChI is InChI=1S/C18H16ClN3S/c1-12-17(13-6-3-2-4-7-13)22-18(23-12)14-8-5-9-15(10-14)21-16(20)11-19/h2-10H,11H2,1H3,(H2,20,21). The van der Waals surface area contributed by atoms with E-state index in [-0.39, 0.29) is 5.88 Å². The van der Waals surface area contributed by atoms with Crippen LogP contribution in [0.25, 0.3) is 21.8 Å². The van der Waals surface area contributed by atoms with Crippen molar-refractivity contribution in [1.29, 1.82) is 0 Å². The summed E-state index contributed by atoms with van der Waals surface area (Å²) in [5, 5.41) is 0.975. The van der Waals surface area contributed by atoms with Crippen molar-refractivity contribution in [3.8, 4) is 21.8 Å². The molecular formula is C18H16ClN3S. The lowest BCUT2D eigenvalue weighted by atomic mass is 10.1. The predicted octanol–water partition coefficient (Wildman–Crippen LogP) is 5.01. The predicted molar refractivity (Wildman–Crippen MR) is 99.7 cm³/mol. The van der Waals surface area contributed by atoms with Crippen LogP contribution in [0.2, 0.25) is 0 Å². The van der Waals surface area contributed by atoms with Gasteiger partial charge in [0.2, 0.25) is 0 Å². The van der Waals surface area contributed by atoms with E-state index in [9.17, 15) is 0 Å². The monoisotopic (exact) mass is 341 g/mol. The van der Waals surface area contributed by atoms with Crippen LogP contribution in [-0.4, -0.2) is 16.7 Å². The van der Waals surface area contributed by atoms with E-state index in [0.717, 1.165) is 27.5 Å². The summed E-state index contributed by atoms with van der Waals surface area (Å²) in [7, 11) is 0. The van der Waals surface area contributed by atoms with Gasteiger partial charge in [0.05, 0.1) is 17.3 Å². The molecule has 3 nitrogen and oxygen atoms in total. The number of thiazole rings is 1. The van der Waals surface area contributed by atoms with E-state index < -0.39 is 0 Å². The SMILES string of the molecule is Cc1sc(-c2cccc(N=C(N)CCl)c2)nc1-c1ccccc1. The molecule has 1 aromatic heterocycles. The maximum Gasteiger partial charge on any atom is 0.124 e. The minimum atomic E-state index is 0.221. The van der Waals surface area contributed by atoms with Gasteiger partial charge >= 0.3 is 0 Å². The second-order valence-corrected chi connectivity index (χ2v) is 6.55. The number of rotatable bonds is 4. The highest BCUT2D eigenvalue weighted by molar-refractivity contribution is 7.15. The number of amidine groups is 1. The Morgan fingerprint density at radius 1 is 1.13 bits per heavy atom. The summed E-state index contributed by atoms with van der Waals surface area (Å²) in [6.45, 7) is 2.09. The van der Waals surface area contributed by atoms with Gasteiger partial charge in [0, 0.05) is 16.0 Å². The number of aryl methyl sites for hydroxylation is 1.